The summed E-state index contributed by atoms with van der Waals surface area (Å²) in [6.07, 6.45) is 0.490. The van der Waals surface area contributed by atoms with Crippen molar-refractivity contribution in [1.82, 2.24) is 15.0 Å². The van der Waals surface area contributed by atoms with E-state index in [1.807, 2.05) is 12.1 Å². The molecule has 0 spiro atoms. The molecule has 1 aromatic carbocycles. The van der Waals surface area contributed by atoms with E-state index in [9.17, 15) is 18.3 Å². The van der Waals surface area contributed by atoms with Crippen molar-refractivity contribution in [2.24, 2.45) is 0 Å². The van der Waals surface area contributed by atoms with E-state index in [-0.39, 0.29) is 18.9 Å². The molecule has 1 N–H and O–H groups in total. The van der Waals surface area contributed by atoms with Crippen LogP contribution in [0.15, 0.2) is 48.8 Å². The predicted octanol–water partition coefficient (Wildman–Crippen LogP) is 3.92. The maximum Gasteiger partial charge on any atom is 0.419 e. The number of nitrogens with zero attached hydrogens (tertiary/aromatic N) is 4. The highest BCUT2D eigenvalue weighted by Crippen LogP contribution is 2.36. The zero-order valence-corrected chi connectivity index (χ0v) is 17.5. The Morgan fingerprint density at radius 3 is 2.59 bits per heavy atom. The first-order valence-corrected chi connectivity index (χ1v) is 10.3. The molecule has 168 valence electrons. The minimum absolute atomic E-state index is 0.146. The Morgan fingerprint density at radius 1 is 1.09 bits per heavy atom. The average Bonchev–Trinajstić information content (AvgIpc) is 3.26. The highest BCUT2D eigenvalue weighted by Gasteiger charge is 2.34. The number of pyridine rings is 1. The number of fused-ring (bicyclic) bond motifs is 1. The van der Waals surface area contributed by atoms with Crippen molar-refractivity contribution in [2.45, 2.75) is 31.5 Å². The first-order chi connectivity index (χ1) is 15.3. The van der Waals surface area contributed by atoms with Crippen molar-refractivity contribution in [3.8, 4) is 17.1 Å². The van der Waals surface area contributed by atoms with Crippen LogP contribution in [-0.2, 0) is 19.0 Å². The van der Waals surface area contributed by atoms with Crippen LogP contribution in [0.2, 0.25) is 0 Å². The summed E-state index contributed by atoms with van der Waals surface area (Å²) in [5.41, 5.74) is 2.01. The van der Waals surface area contributed by atoms with Gasteiger partial charge in [0.25, 0.3) is 0 Å². The van der Waals surface area contributed by atoms with Gasteiger partial charge in [0, 0.05) is 42.8 Å². The Morgan fingerprint density at radius 2 is 1.84 bits per heavy atom. The molecular formula is C23H23F3N4O2. The lowest BCUT2D eigenvalue weighted by atomic mass is 10.2. The molecule has 0 saturated carbocycles. The van der Waals surface area contributed by atoms with E-state index in [1.54, 1.807) is 24.3 Å². The Balaban J connectivity index is 1.49. The number of anilines is 1. The first kappa shape index (κ1) is 22.0. The van der Waals surface area contributed by atoms with Gasteiger partial charge in [0.2, 0.25) is 0 Å². The van der Waals surface area contributed by atoms with Crippen molar-refractivity contribution in [1.29, 1.82) is 0 Å². The van der Waals surface area contributed by atoms with Crippen molar-refractivity contribution in [3.05, 3.63) is 65.6 Å². The third-order valence-electron chi connectivity index (χ3n) is 5.32. The molecule has 4 rings (SSSR count). The van der Waals surface area contributed by atoms with Gasteiger partial charge < -0.3 is 14.7 Å². The van der Waals surface area contributed by atoms with Gasteiger partial charge >= 0.3 is 6.18 Å². The van der Waals surface area contributed by atoms with Crippen molar-refractivity contribution < 1.29 is 23.0 Å². The van der Waals surface area contributed by atoms with Crippen LogP contribution in [0.5, 0.6) is 5.75 Å². The number of aliphatic hydroxyl groups is 1. The van der Waals surface area contributed by atoms with Crippen LogP contribution < -0.4 is 9.64 Å². The molecule has 0 saturated heterocycles. The number of hydrogen-bond acceptors (Lipinski definition) is 6. The summed E-state index contributed by atoms with van der Waals surface area (Å²) in [6.45, 7) is -0.130. The van der Waals surface area contributed by atoms with E-state index >= 15 is 0 Å². The zero-order valence-electron chi connectivity index (χ0n) is 17.5. The lowest BCUT2D eigenvalue weighted by molar-refractivity contribution is -0.139. The van der Waals surface area contributed by atoms with Crippen LogP contribution in [0, 0.1) is 0 Å². The molecule has 0 amide bonds. The number of ether oxygens (including phenoxy) is 1. The number of para-hydroxylation sites is 1. The van der Waals surface area contributed by atoms with Crippen molar-refractivity contribution >= 4 is 5.82 Å². The quantitative estimate of drug-likeness (QED) is 0.596. The molecule has 0 fully saturated rings. The molecule has 9 heteroatoms. The largest absolute Gasteiger partial charge is 0.490 e. The molecule has 0 aliphatic heterocycles. The Hall–Kier alpha value is -3.20. The van der Waals surface area contributed by atoms with Gasteiger partial charge in [0.05, 0.1) is 5.56 Å². The van der Waals surface area contributed by atoms with E-state index in [1.165, 1.54) is 18.2 Å². The molecule has 0 bridgehead atoms. The topological polar surface area (TPSA) is 71.4 Å². The second-order valence-corrected chi connectivity index (χ2v) is 7.72. The first-order valence-electron chi connectivity index (χ1n) is 10.3. The third-order valence-corrected chi connectivity index (χ3v) is 5.32. The maximum atomic E-state index is 13.1. The highest BCUT2D eigenvalue weighted by atomic mass is 19.4. The highest BCUT2D eigenvalue weighted by molar-refractivity contribution is 5.61. The Kier molecular flexibility index (Phi) is 6.27. The predicted molar refractivity (Wildman–Crippen MR) is 114 cm³/mol. The van der Waals surface area contributed by atoms with E-state index in [0.29, 0.717) is 11.6 Å². The fourth-order valence-corrected chi connectivity index (χ4v) is 3.83. The number of rotatable bonds is 7. The van der Waals surface area contributed by atoms with Crippen LogP contribution in [-0.4, -0.2) is 46.4 Å². The number of likely N-dealkylation sites (N-methyl/N-ethyl adjacent to an activating group) is 1. The zero-order chi connectivity index (χ0) is 22.7. The number of hydrogen-bond donors (Lipinski definition) is 1. The summed E-state index contributed by atoms with van der Waals surface area (Å²) in [7, 11) is 1.80. The molecule has 2 heterocycles. The van der Waals surface area contributed by atoms with Gasteiger partial charge in [0.1, 0.15) is 24.3 Å². The Labute approximate surface area is 183 Å². The average molecular weight is 444 g/mol. The lowest BCUT2D eigenvalue weighted by Crippen LogP contribution is -2.34. The normalized spacial score (nSPS) is 14.2. The van der Waals surface area contributed by atoms with E-state index in [0.717, 1.165) is 42.1 Å². The summed E-state index contributed by atoms with van der Waals surface area (Å²) in [5, 5.41) is 10.5. The molecule has 3 aromatic rings. The standard InChI is InChI=1S/C23H23F3N4O2/c1-30(13-16(31)14-32-20-8-3-2-6-18(20)23(24,25)26)22-17-5-4-7-19(17)28-21(29-22)15-9-11-27-12-10-15/h2-3,6,8-12,16,31H,4-5,7,13-14H2,1H3. The summed E-state index contributed by atoms with van der Waals surface area (Å²) in [5.74, 6) is 0.999. The van der Waals surface area contributed by atoms with E-state index in [4.69, 9.17) is 14.7 Å². The van der Waals surface area contributed by atoms with Gasteiger partial charge in [-0.1, -0.05) is 12.1 Å². The molecule has 1 aliphatic carbocycles. The smallest absolute Gasteiger partial charge is 0.419 e. The minimum Gasteiger partial charge on any atom is -0.490 e. The molecule has 1 atom stereocenters. The fraction of sp³-hybridized carbons (Fsp3) is 0.348. The van der Waals surface area contributed by atoms with Gasteiger partial charge in [-0.3, -0.25) is 4.98 Å². The van der Waals surface area contributed by atoms with Crippen LogP contribution in [0.4, 0.5) is 19.0 Å². The lowest BCUT2D eigenvalue weighted by Gasteiger charge is -2.25. The SMILES string of the molecule is CN(CC(O)COc1ccccc1C(F)(F)F)c1nc(-c2ccncc2)nc2c1CCC2. The molecule has 0 radical (unpaired) electrons. The number of aliphatic hydroxyl groups excluding tert-OH is 1. The number of benzene rings is 1. The summed E-state index contributed by atoms with van der Waals surface area (Å²) in [4.78, 5) is 15.2. The monoisotopic (exact) mass is 444 g/mol. The molecule has 1 unspecified atom stereocenters. The van der Waals surface area contributed by atoms with Crippen LogP contribution in [0.25, 0.3) is 11.4 Å². The molecule has 32 heavy (non-hydrogen) atoms. The number of halogens is 3. The second-order valence-electron chi connectivity index (χ2n) is 7.72. The molecule has 1 aliphatic rings. The summed E-state index contributed by atoms with van der Waals surface area (Å²) >= 11 is 0. The van der Waals surface area contributed by atoms with Gasteiger partial charge in [-0.05, 0) is 43.5 Å². The van der Waals surface area contributed by atoms with Gasteiger partial charge in [0.15, 0.2) is 5.82 Å². The van der Waals surface area contributed by atoms with E-state index < -0.39 is 17.8 Å². The molecule has 2 aromatic heterocycles. The summed E-state index contributed by atoms with van der Waals surface area (Å²) in [6, 6.07) is 8.64. The van der Waals surface area contributed by atoms with Crippen LogP contribution in [0.1, 0.15) is 23.2 Å². The van der Waals surface area contributed by atoms with Gasteiger partial charge in [-0.15, -0.1) is 0 Å². The van der Waals surface area contributed by atoms with Gasteiger partial charge in [-0.2, -0.15) is 13.2 Å². The fourth-order valence-electron chi connectivity index (χ4n) is 3.83. The maximum absolute atomic E-state index is 13.1. The number of aryl methyl sites for hydroxylation is 1. The van der Waals surface area contributed by atoms with Crippen LogP contribution in [0.3, 0.4) is 0 Å². The van der Waals surface area contributed by atoms with E-state index in [2.05, 4.69) is 4.98 Å². The summed E-state index contributed by atoms with van der Waals surface area (Å²) < 4.78 is 44.7. The Bertz CT molecular complexity index is 1080. The minimum atomic E-state index is -4.52. The van der Waals surface area contributed by atoms with Crippen molar-refractivity contribution in [3.63, 3.8) is 0 Å². The number of aromatic nitrogens is 3. The molecule has 6 nitrogen and oxygen atoms in total. The second kappa shape index (κ2) is 9.12. The third kappa shape index (κ3) is 4.83. The number of alkyl halides is 3. The molecular weight excluding hydrogens is 421 g/mol. The van der Waals surface area contributed by atoms with Gasteiger partial charge in [-0.25, -0.2) is 9.97 Å². The van der Waals surface area contributed by atoms with Crippen LogP contribution >= 0.6 is 0 Å². The van der Waals surface area contributed by atoms with Crippen molar-refractivity contribution in [2.75, 3.05) is 25.1 Å².